The van der Waals surface area contributed by atoms with E-state index in [9.17, 15) is 4.79 Å². The number of hydrogen-bond donors (Lipinski definition) is 2. The molecule has 0 radical (unpaired) electrons. The fraction of sp³-hybridized carbons (Fsp3) is 0.500. The molecule has 2 rings (SSSR count). The standard InChI is InChI=1S/C14H18ClNO2/c1-14(2,8-17)16-13(18)12-7-11(12)9-3-5-10(15)6-4-9/h3-6,11-12,17H,7-8H2,1-2H3,(H,16,18). The van der Waals surface area contributed by atoms with Crippen molar-refractivity contribution in [1.29, 1.82) is 0 Å². The van der Waals surface area contributed by atoms with Crippen LogP contribution in [0.3, 0.4) is 0 Å². The SMILES string of the molecule is CC(C)(CO)NC(=O)C1CC1c1ccc(Cl)cc1. The van der Waals surface area contributed by atoms with E-state index < -0.39 is 5.54 Å². The highest BCUT2D eigenvalue weighted by Crippen LogP contribution is 2.47. The van der Waals surface area contributed by atoms with E-state index in [-0.39, 0.29) is 24.3 Å². The molecule has 1 aliphatic carbocycles. The largest absolute Gasteiger partial charge is 0.394 e. The molecule has 1 saturated carbocycles. The maximum atomic E-state index is 12.0. The average molecular weight is 268 g/mol. The van der Waals surface area contributed by atoms with Gasteiger partial charge in [-0.3, -0.25) is 4.79 Å². The lowest BCUT2D eigenvalue weighted by molar-refractivity contribution is -0.124. The first-order valence-corrected chi connectivity index (χ1v) is 6.49. The Labute approximate surface area is 112 Å². The Morgan fingerprint density at radius 3 is 2.61 bits per heavy atom. The van der Waals surface area contributed by atoms with Crippen LogP contribution in [0.15, 0.2) is 24.3 Å². The summed E-state index contributed by atoms with van der Waals surface area (Å²) in [7, 11) is 0. The molecule has 2 atom stereocenters. The lowest BCUT2D eigenvalue weighted by Crippen LogP contribution is -2.47. The number of aliphatic hydroxyl groups is 1. The van der Waals surface area contributed by atoms with Gasteiger partial charge < -0.3 is 10.4 Å². The Bertz CT molecular complexity index is 442. The van der Waals surface area contributed by atoms with E-state index in [2.05, 4.69) is 5.32 Å². The summed E-state index contributed by atoms with van der Waals surface area (Å²) in [6.07, 6.45) is 0.870. The monoisotopic (exact) mass is 267 g/mol. The van der Waals surface area contributed by atoms with Crippen molar-refractivity contribution in [3.05, 3.63) is 34.9 Å². The summed E-state index contributed by atoms with van der Waals surface area (Å²) in [6.45, 7) is 3.56. The Morgan fingerprint density at radius 2 is 2.06 bits per heavy atom. The molecule has 0 heterocycles. The Balaban J connectivity index is 1.95. The van der Waals surface area contributed by atoms with Crippen LogP contribution in [0.25, 0.3) is 0 Å². The molecule has 1 amide bonds. The van der Waals surface area contributed by atoms with E-state index >= 15 is 0 Å². The number of carbonyl (C=O) groups is 1. The van der Waals surface area contributed by atoms with Gasteiger partial charge in [-0.25, -0.2) is 0 Å². The summed E-state index contributed by atoms with van der Waals surface area (Å²) < 4.78 is 0. The van der Waals surface area contributed by atoms with E-state index in [1.54, 1.807) is 0 Å². The zero-order valence-corrected chi connectivity index (χ0v) is 11.4. The summed E-state index contributed by atoms with van der Waals surface area (Å²) in [5.41, 5.74) is 0.603. The number of carbonyl (C=O) groups excluding carboxylic acids is 1. The molecule has 1 aromatic rings. The fourth-order valence-electron chi connectivity index (χ4n) is 2.03. The molecule has 1 aliphatic rings. The van der Waals surface area contributed by atoms with Crippen molar-refractivity contribution in [3.8, 4) is 0 Å². The van der Waals surface area contributed by atoms with Gasteiger partial charge in [-0.15, -0.1) is 0 Å². The van der Waals surface area contributed by atoms with E-state index in [0.717, 1.165) is 12.0 Å². The Morgan fingerprint density at radius 1 is 1.44 bits per heavy atom. The molecule has 0 saturated heterocycles. The van der Waals surface area contributed by atoms with Crippen molar-refractivity contribution < 1.29 is 9.90 Å². The summed E-state index contributed by atoms with van der Waals surface area (Å²) in [4.78, 5) is 12.0. The third kappa shape index (κ3) is 3.03. The van der Waals surface area contributed by atoms with Gasteiger partial charge in [0.05, 0.1) is 12.1 Å². The van der Waals surface area contributed by atoms with E-state index in [1.165, 1.54) is 0 Å². The van der Waals surface area contributed by atoms with Gasteiger partial charge in [-0.1, -0.05) is 23.7 Å². The molecule has 2 N–H and O–H groups in total. The summed E-state index contributed by atoms with van der Waals surface area (Å²) in [5.74, 6) is 0.336. The van der Waals surface area contributed by atoms with Crippen LogP contribution in [-0.2, 0) is 4.79 Å². The number of hydrogen-bond acceptors (Lipinski definition) is 2. The second-order valence-electron chi connectivity index (χ2n) is 5.53. The predicted molar refractivity (Wildman–Crippen MR) is 71.6 cm³/mol. The van der Waals surface area contributed by atoms with Gasteiger partial charge in [-0.2, -0.15) is 0 Å². The Kier molecular flexibility index (Phi) is 3.64. The third-order valence-corrected chi connectivity index (χ3v) is 3.53. The second-order valence-corrected chi connectivity index (χ2v) is 5.97. The lowest BCUT2D eigenvalue weighted by Gasteiger charge is -2.23. The van der Waals surface area contributed by atoms with E-state index in [1.807, 2.05) is 38.1 Å². The van der Waals surface area contributed by atoms with Crippen LogP contribution in [-0.4, -0.2) is 23.2 Å². The minimum Gasteiger partial charge on any atom is -0.394 e. The van der Waals surface area contributed by atoms with Gasteiger partial charge in [0.25, 0.3) is 0 Å². The number of benzene rings is 1. The first-order chi connectivity index (χ1) is 8.43. The number of amides is 1. The number of aliphatic hydroxyl groups excluding tert-OH is 1. The third-order valence-electron chi connectivity index (χ3n) is 3.28. The normalized spacial score (nSPS) is 22.7. The maximum absolute atomic E-state index is 12.0. The van der Waals surface area contributed by atoms with Gasteiger partial charge in [0.1, 0.15) is 0 Å². The van der Waals surface area contributed by atoms with E-state index in [4.69, 9.17) is 16.7 Å². The lowest BCUT2D eigenvalue weighted by atomic mass is 10.1. The maximum Gasteiger partial charge on any atom is 0.224 e. The van der Waals surface area contributed by atoms with Crippen LogP contribution >= 0.6 is 11.6 Å². The number of nitrogens with one attached hydrogen (secondary N) is 1. The van der Waals surface area contributed by atoms with Gasteiger partial charge in [0, 0.05) is 10.9 Å². The highest BCUT2D eigenvalue weighted by Gasteiger charge is 2.44. The second kappa shape index (κ2) is 4.90. The molecule has 1 aromatic carbocycles. The highest BCUT2D eigenvalue weighted by molar-refractivity contribution is 6.30. The Hall–Kier alpha value is -1.06. The molecule has 2 unspecified atom stereocenters. The van der Waals surface area contributed by atoms with Crippen molar-refractivity contribution in [2.75, 3.05) is 6.61 Å². The fourth-order valence-corrected chi connectivity index (χ4v) is 2.15. The first-order valence-electron chi connectivity index (χ1n) is 6.11. The molecular weight excluding hydrogens is 250 g/mol. The molecule has 1 fully saturated rings. The summed E-state index contributed by atoms with van der Waals surface area (Å²) in [6, 6.07) is 7.64. The predicted octanol–water partition coefficient (Wildman–Crippen LogP) is 2.33. The molecular formula is C14H18ClNO2. The van der Waals surface area contributed by atoms with Crippen LogP contribution < -0.4 is 5.32 Å². The van der Waals surface area contributed by atoms with Gasteiger partial charge in [-0.05, 0) is 43.9 Å². The molecule has 0 aromatic heterocycles. The smallest absolute Gasteiger partial charge is 0.224 e. The molecule has 0 aliphatic heterocycles. The summed E-state index contributed by atoms with van der Waals surface area (Å²) in [5, 5.41) is 12.7. The minimum atomic E-state index is -0.551. The van der Waals surface area contributed by atoms with Crippen molar-refractivity contribution in [1.82, 2.24) is 5.32 Å². The van der Waals surface area contributed by atoms with Crippen LogP contribution in [0.1, 0.15) is 31.7 Å². The molecule has 0 spiro atoms. The van der Waals surface area contributed by atoms with Gasteiger partial charge >= 0.3 is 0 Å². The average Bonchev–Trinajstić information content (AvgIpc) is 3.09. The zero-order chi connectivity index (χ0) is 13.3. The van der Waals surface area contributed by atoms with Crippen LogP contribution in [0.4, 0.5) is 0 Å². The van der Waals surface area contributed by atoms with Crippen molar-refractivity contribution in [2.45, 2.75) is 31.7 Å². The number of rotatable bonds is 4. The molecule has 4 heteroatoms. The molecule has 0 bridgehead atoms. The topological polar surface area (TPSA) is 49.3 Å². The van der Waals surface area contributed by atoms with E-state index in [0.29, 0.717) is 5.02 Å². The minimum absolute atomic E-state index is 0.0222. The van der Waals surface area contributed by atoms with Gasteiger partial charge in [0.2, 0.25) is 5.91 Å². The molecule has 18 heavy (non-hydrogen) atoms. The van der Waals surface area contributed by atoms with Gasteiger partial charge in [0.15, 0.2) is 0 Å². The molecule has 98 valence electrons. The zero-order valence-electron chi connectivity index (χ0n) is 10.6. The van der Waals surface area contributed by atoms with Crippen molar-refractivity contribution in [2.24, 2.45) is 5.92 Å². The van der Waals surface area contributed by atoms with Crippen molar-refractivity contribution in [3.63, 3.8) is 0 Å². The quantitative estimate of drug-likeness (QED) is 0.880. The summed E-state index contributed by atoms with van der Waals surface area (Å²) >= 11 is 5.83. The first kappa shape index (κ1) is 13.4. The van der Waals surface area contributed by atoms with Crippen molar-refractivity contribution >= 4 is 17.5 Å². The molecule has 3 nitrogen and oxygen atoms in total. The van der Waals surface area contributed by atoms with Crippen LogP contribution in [0.5, 0.6) is 0 Å². The van der Waals surface area contributed by atoms with Crippen LogP contribution in [0, 0.1) is 5.92 Å². The highest BCUT2D eigenvalue weighted by atomic mass is 35.5. The number of halogens is 1. The van der Waals surface area contributed by atoms with Crippen LogP contribution in [0.2, 0.25) is 5.02 Å².